The van der Waals surface area contributed by atoms with E-state index in [1.165, 1.54) is 0 Å². The molecule has 0 spiro atoms. The van der Waals surface area contributed by atoms with Gasteiger partial charge in [0.2, 0.25) is 0 Å². The fourth-order valence-electron chi connectivity index (χ4n) is 1.27. The van der Waals surface area contributed by atoms with Gasteiger partial charge in [-0.05, 0) is 23.1 Å². The van der Waals surface area contributed by atoms with Crippen molar-refractivity contribution in [3.8, 4) is 0 Å². The second-order valence-corrected chi connectivity index (χ2v) is 4.03. The molecule has 0 fully saturated rings. The molecule has 4 heteroatoms. The molecule has 0 aromatic heterocycles. The Morgan fingerprint density at radius 1 is 1.43 bits per heavy atom. The van der Waals surface area contributed by atoms with E-state index in [0.29, 0.717) is 13.0 Å². The Bertz CT molecular complexity index is 287. The molecule has 78 valence electrons. The van der Waals surface area contributed by atoms with Crippen molar-refractivity contribution in [3.63, 3.8) is 0 Å². The molecule has 0 aliphatic carbocycles. The maximum absolute atomic E-state index is 11.0. The van der Waals surface area contributed by atoms with Gasteiger partial charge in [-0.15, -0.1) is 0 Å². The third kappa shape index (κ3) is 3.21. The minimum absolute atomic E-state index is 0.452. The van der Waals surface area contributed by atoms with E-state index < -0.39 is 16.3 Å². The van der Waals surface area contributed by atoms with Gasteiger partial charge in [0.05, 0.1) is 0 Å². The van der Waals surface area contributed by atoms with Gasteiger partial charge in [-0.2, -0.15) is 0 Å². The summed E-state index contributed by atoms with van der Waals surface area (Å²) in [5, 5.41) is -0.462. The molecule has 0 saturated carbocycles. The molecule has 2 atom stereocenters. The highest BCUT2D eigenvalue weighted by molar-refractivity contribution is 7.79. The van der Waals surface area contributed by atoms with E-state index in [-0.39, 0.29) is 0 Å². The number of benzene rings is 1. The SMILES string of the molecule is COCCC(c1ccccc1)S(=O)[O-]. The molecule has 0 saturated heterocycles. The molecule has 0 radical (unpaired) electrons. The normalized spacial score (nSPS) is 15.0. The number of ether oxygens (including phenoxy) is 1. The summed E-state index contributed by atoms with van der Waals surface area (Å²) in [6.45, 7) is 0.452. The largest absolute Gasteiger partial charge is 0.772 e. The smallest absolute Gasteiger partial charge is 0.0487 e. The molecule has 3 nitrogen and oxygen atoms in total. The lowest BCUT2D eigenvalue weighted by atomic mass is 10.1. The Morgan fingerprint density at radius 2 is 2.07 bits per heavy atom. The van der Waals surface area contributed by atoms with Crippen LogP contribution in [0.2, 0.25) is 0 Å². The van der Waals surface area contributed by atoms with Crippen molar-refractivity contribution >= 4 is 11.1 Å². The predicted octanol–water partition coefficient (Wildman–Crippen LogP) is 1.64. The molecule has 0 aliphatic heterocycles. The average molecular weight is 213 g/mol. The zero-order valence-corrected chi connectivity index (χ0v) is 8.83. The maximum atomic E-state index is 11.0. The molecule has 0 bridgehead atoms. The van der Waals surface area contributed by atoms with Crippen molar-refractivity contribution in [2.45, 2.75) is 11.7 Å². The van der Waals surface area contributed by atoms with Crippen LogP contribution >= 0.6 is 0 Å². The van der Waals surface area contributed by atoms with Gasteiger partial charge in [-0.1, -0.05) is 30.3 Å². The summed E-state index contributed by atoms with van der Waals surface area (Å²) in [5.74, 6) is 0. The van der Waals surface area contributed by atoms with E-state index in [4.69, 9.17) is 4.74 Å². The zero-order valence-electron chi connectivity index (χ0n) is 8.01. The summed E-state index contributed by atoms with van der Waals surface area (Å²) in [5.41, 5.74) is 0.817. The van der Waals surface area contributed by atoms with Crippen LogP contribution in [-0.2, 0) is 15.8 Å². The standard InChI is InChI=1S/C10H14O3S/c1-13-8-7-10(14(11)12)9-5-3-2-4-6-9/h2-6,10H,7-8H2,1H3,(H,11,12)/p-1. The van der Waals surface area contributed by atoms with Crippen molar-refractivity contribution in [1.82, 2.24) is 0 Å². The second-order valence-electron chi connectivity index (χ2n) is 2.94. The summed E-state index contributed by atoms with van der Waals surface area (Å²) >= 11 is -2.09. The lowest BCUT2D eigenvalue weighted by Gasteiger charge is -2.19. The molecule has 0 heterocycles. The van der Waals surface area contributed by atoms with Crippen LogP contribution in [0.15, 0.2) is 30.3 Å². The molecular formula is C10H13O3S-. The Hall–Kier alpha value is -0.710. The lowest BCUT2D eigenvalue weighted by molar-refractivity contribution is 0.193. The van der Waals surface area contributed by atoms with Crippen molar-refractivity contribution in [3.05, 3.63) is 35.9 Å². The van der Waals surface area contributed by atoms with Crippen LogP contribution < -0.4 is 0 Å². The van der Waals surface area contributed by atoms with Crippen molar-refractivity contribution in [2.24, 2.45) is 0 Å². The van der Waals surface area contributed by atoms with Crippen LogP contribution in [0.1, 0.15) is 17.2 Å². The Morgan fingerprint density at radius 3 is 2.57 bits per heavy atom. The van der Waals surface area contributed by atoms with Gasteiger partial charge >= 0.3 is 0 Å². The van der Waals surface area contributed by atoms with Gasteiger partial charge in [0, 0.05) is 19.0 Å². The highest BCUT2D eigenvalue weighted by Gasteiger charge is 2.10. The Balaban J connectivity index is 2.73. The molecule has 0 N–H and O–H groups in total. The molecular weight excluding hydrogens is 200 g/mol. The maximum Gasteiger partial charge on any atom is 0.0487 e. The van der Waals surface area contributed by atoms with Crippen LogP contribution in [-0.4, -0.2) is 22.5 Å². The van der Waals surface area contributed by atoms with Crippen LogP contribution in [0, 0.1) is 0 Å². The first-order valence-corrected chi connectivity index (χ1v) is 5.51. The molecule has 1 aromatic rings. The minimum Gasteiger partial charge on any atom is -0.772 e. The second kappa shape index (κ2) is 5.90. The third-order valence-electron chi connectivity index (χ3n) is 1.99. The van der Waals surface area contributed by atoms with Gasteiger partial charge in [-0.25, -0.2) is 0 Å². The van der Waals surface area contributed by atoms with Gasteiger partial charge in [-0.3, -0.25) is 4.21 Å². The van der Waals surface area contributed by atoms with Gasteiger partial charge in [0.1, 0.15) is 0 Å². The highest BCUT2D eigenvalue weighted by atomic mass is 32.2. The molecule has 14 heavy (non-hydrogen) atoms. The predicted molar refractivity (Wildman–Crippen MR) is 54.6 cm³/mol. The zero-order chi connectivity index (χ0) is 10.4. The van der Waals surface area contributed by atoms with Crippen LogP contribution in [0.4, 0.5) is 0 Å². The van der Waals surface area contributed by atoms with Crippen LogP contribution in [0.3, 0.4) is 0 Å². The fraction of sp³-hybridized carbons (Fsp3) is 0.400. The number of hydrogen-bond acceptors (Lipinski definition) is 3. The Kier molecular flexibility index (Phi) is 4.79. The lowest BCUT2D eigenvalue weighted by Crippen LogP contribution is -2.08. The Labute approximate surface area is 86.4 Å². The van der Waals surface area contributed by atoms with Crippen LogP contribution in [0.5, 0.6) is 0 Å². The molecule has 0 aliphatic rings. The van der Waals surface area contributed by atoms with E-state index in [1.807, 2.05) is 30.3 Å². The molecule has 0 amide bonds. The van der Waals surface area contributed by atoms with E-state index in [9.17, 15) is 8.76 Å². The molecule has 1 rings (SSSR count). The average Bonchev–Trinajstić information content (AvgIpc) is 2.19. The summed E-state index contributed by atoms with van der Waals surface area (Å²) < 4.78 is 26.8. The fourth-order valence-corrected chi connectivity index (χ4v) is 1.93. The first-order valence-electron chi connectivity index (χ1n) is 4.37. The topological polar surface area (TPSA) is 49.4 Å². The first-order chi connectivity index (χ1) is 6.75. The summed E-state index contributed by atoms with van der Waals surface area (Å²) in [4.78, 5) is 0. The summed E-state index contributed by atoms with van der Waals surface area (Å²) in [6.07, 6.45) is 0.497. The van der Waals surface area contributed by atoms with E-state index in [1.54, 1.807) is 7.11 Å². The van der Waals surface area contributed by atoms with Gasteiger partial charge in [0.25, 0.3) is 0 Å². The van der Waals surface area contributed by atoms with Gasteiger partial charge < -0.3 is 9.29 Å². The molecule has 1 aromatic carbocycles. The van der Waals surface area contributed by atoms with Crippen molar-refractivity contribution in [2.75, 3.05) is 13.7 Å². The highest BCUT2D eigenvalue weighted by Crippen LogP contribution is 2.21. The van der Waals surface area contributed by atoms with E-state index in [2.05, 4.69) is 0 Å². The van der Waals surface area contributed by atoms with Gasteiger partial charge in [0.15, 0.2) is 0 Å². The van der Waals surface area contributed by atoms with E-state index >= 15 is 0 Å². The number of rotatable bonds is 5. The van der Waals surface area contributed by atoms with Crippen molar-refractivity contribution in [1.29, 1.82) is 0 Å². The van der Waals surface area contributed by atoms with Crippen LogP contribution in [0.25, 0.3) is 0 Å². The van der Waals surface area contributed by atoms with E-state index in [0.717, 1.165) is 5.56 Å². The summed E-state index contributed by atoms with van der Waals surface area (Å²) in [6, 6.07) is 9.17. The molecule has 2 unspecified atom stereocenters. The number of methoxy groups -OCH3 is 1. The monoisotopic (exact) mass is 213 g/mol. The third-order valence-corrected chi connectivity index (χ3v) is 2.96. The first kappa shape index (κ1) is 11.4. The van der Waals surface area contributed by atoms with Crippen molar-refractivity contribution < 1.29 is 13.5 Å². The number of hydrogen-bond donors (Lipinski definition) is 0. The summed E-state index contributed by atoms with van der Waals surface area (Å²) in [7, 11) is 1.57. The minimum atomic E-state index is -2.09. The quantitative estimate of drug-likeness (QED) is 0.699.